The highest BCUT2D eigenvalue weighted by atomic mass is 16.5. The summed E-state index contributed by atoms with van der Waals surface area (Å²) in [5, 5.41) is 5.67. The molecular formula is C20H23N3O2. The number of hydrogen-bond donors (Lipinski definition) is 0. The lowest BCUT2D eigenvalue weighted by molar-refractivity contribution is -0.145. The van der Waals surface area contributed by atoms with Crippen LogP contribution in [0.4, 0.5) is 0 Å². The first-order valence-corrected chi connectivity index (χ1v) is 8.41. The summed E-state index contributed by atoms with van der Waals surface area (Å²) in [7, 11) is 3.91. The number of esters is 1. The molecule has 3 aromatic rings. The number of benzene rings is 2. The summed E-state index contributed by atoms with van der Waals surface area (Å²) in [5.74, 6) is -0.479. The maximum atomic E-state index is 12.1. The van der Waals surface area contributed by atoms with Crippen LogP contribution >= 0.6 is 0 Å². The lowest BCUT2D eigenvalue weighted by atomic mass is 10.0. The van der Waals surface area contributed by atoms with E-state index >= 15 is 0 Å². The Bertz CT molecular complexity index is 820. The number of hydrogen-bond acceptors (Lipinski definition) is 4. The minimum atomic E-state index is -0.284. The van der Waals surface area contributed by atoms with Crippen LogP contribution in [0.25, 0.3) is 16.6 Å². The molecule has 25 heavy (non-hydrogen) atoms. The zero-order chi connectivity index (χ0) is 17.8. The van der Waals surface area contributed by atoms with Crippen molar-refractivity contribution in [3.63, 3.8) is 0 Å². The van der Waals surface area contributed by atoms with Crippen molar-refractivity contribution in [2.75, 3.05) is 27.2 Å². The second kappa shape index (κ2) is 7.49. The monoisotopic (exact) mass is 337 g/mol. The van der Waals surface area contributed by atoms with Crippen molar-refractivity contribution in [1.82, 2.24) is 14.7 Å². The van der Waals surface area contributed by atoms with Crippen molar-refractivity contribution in [3.05, 3.63) is 60.3 Å². The molecule has 0 saturated carbocycles. The lowest BCUT2D eigenvalue weighted by Gasteiger charge is -2.14. The number of nitrogens with zero attached hydrogens (tertiary/aromatic N) is 3. The van der Waals surface area contributed by atoms with Crippen LogP contribution in [-0.4, -0.2) is 47.9 Å². The predicted octanol–water partition coefficient (Wildman–Crippen LogP) is 3.23. The highest BCUT2D eigenvalue weighted by molar-refractivity contribution is 5.79. The van der Waals surface area contributed by atoms with Crippen LogP contribution in [0, 0.1) is 0 Å². The van der Waals surface area contributed by atoms with Crippen molar-refractivity contribution in [3.8, 4) is 5.69 Å². The molecular weight excluding hydrogens is 314 g/mol. The number of rotatable bonds is 6. The molecule has 0 fully saturated rings. The highest BCUT2D eigenvalue weighted by Crippen LogP contribution is 2.20. The molecule has 0 spiro atoms. The van der Waals surface area contributed by atoms with Gasteiger partial charge in [0.25, 0.3) is 0 Å². The van der Waals surface area contributed by atoms with Gasteiger partial charge in [-0.1, -0.05) is 30.3 Å². The summed E-state index contributed by atoms with van der Waals surface area (Å²) in [6.07, 6.45) is 2.00. The first kappa shape index (κ1) is 17.2. The fourth-order valence-electron chi connectivity index (χ4n) is 2.60. The van der Waals surface area contributed by atoms with Gasteiger partial charge >= 0.3 is 5.97 Å². The van der Waals surface area contributed by atoms with E-state index in [4.69, 9.17) is 4.74 Å². The Kier molecular flexibility index (Phi) is 5.14. The summed E-state index contributed by atoms with van der Waals surface area (Å²) < 4.78 is 7.18. The van der Waals surface area contributed by atoms with Crippen LogP contribution in [0.5, 0.6) is 0 Å². The Labute approximate surface area is 147 Å². The van der Waals surface area contributed by atoms with Gasteiger partial charge in [0.15, 0.2) is 0 Å². The molecule has 0 saturated heterocycles. The van der Waals surface area contributed by atoms with E-state index in [1.807, 2.05) is 85.3 Å². The summed E-state index contributed by atoms with van der Waals surface area (Å²) in [6.45, 7) is 3.01. The van der Waals surface area contributed by atoms with Gasteiger partial charge in [-0.25, -0.2) is 4.68 Å². The number of carbonyl (C=O) groups excluding carboxylic acids is 1. The van der Waals surface area contributed by atoms with E-state index in [9.17, 15) is 4.79 Å². The van der Waals surface area contributed by atoms with Gasteiger partial charge < -0.3 is 9.64 Å². The van der Waals surface area contributed by atoms with Gasteiger partial charge in [0, 0.05) is 18.1 Å². The first-order chi connectivity index (χ1) is 12.0. The molecule has 3 rings (SSSR count). The molecule has 0 aliphatic rings. The Morgan fingerprint density at radius 3 is 2.56 bits per heavy atom. The normalized spacial score (nSPS) is 12.5. The Balaban J connectivity index is 1.70. The van der Waals surface area contributed by atoms with Crippen molar-refractivity contribution in [2.24, 2.45) is 0 Å². The molecule has 0 aliphatic heterocycles. The molecule has 0 N–H and O–H groups in total. The maximum absolute atomic E-state index is 12.1. The van der Waals surface area contributed by atoms with E-state index in [2.05, 4.69) is 5.10 Å². The van der Waals surface area contributed by atoms with Crippen molar-refractivity contribution in [1.29, 1.82) is 0 Å². The van der Waals surface area contributed by atoms with Crippen LogP contribution < -0.4 is 0 Å². The van der Waals surface area contributed by atoms with Crippen molar-refractivity contribution < 1.29 is 9.53 Å². The molecule has 0 bridgehead atoms. The molecule has 0 amide bonds. The molecule has 0 radical (unpaired) electrons. The minimum absolute atomic E-state index is 0.195. The van der Waals surface area contributed by atoms with Gasteiger partial charge in [-0.15, -0.1) is 0 Å². The van der Waals surface area contributed by atoms with Gasteiger partial charge in [0.1, 0.15) is 6.61 Å². The third-order valence-electron chi connectivity index (χ3n) is 4.21. The summed E-state index contributed by atoms with van der Waals surface area (Å²) in [4.78, 5) is 14.1. The Hall–Kier alpha value is -2.66. The van der Waals surface area contributed by atoms with Gasteiger partial charge in [0.2, 0.25) is 0 Å². The molecule has 1 aromatic heterocycles. The second-order valence-corrected chi connectivity index (χ2v) is 6.42. The molecule has 0 aliphatic carbocycles. The zero-order valence-electron chi connectivity index (χ0n) is 14.8. The van der Waals surface area contributed by atoms with Crippen LogP contribution in [-0.2, 0) is 9.53 Å². The van der Waals surface area contributed by atoms with Crippen LogP contribution in [0.15, 0.2) is 54.7 Å². The number of carbonyl (C=O) groups is 1. The molecule has 130 valence electrons. The Morgan fingerprint density at radius 1 is 1.16 bits per heavy atom. The van der Waals surface area contributed by atoms with Gasteiger partial charge in [-0.2, -0.15) is 5.10 Å². The van der Waals surface area contributed by atoms with Crippen molar-refractivity contribution >= 4 is 16.9 Å². The first-order valence-electron chi connectivity index (χ1n) is 8.41. The predicted molar refractivity (Wildman–Crippen MR) is 99.0 cm³/mol. The van der Waals surface area contributed by atoms with Crippen molar-refractivity contribution in [2.45, 2.75) is 12.8 Å². The number of fused-ring (bicyclic) bond motifs is 1. The fourth-order valence-corrected chi connectivity index (χ4v) is 2.60. The topological polar surface area (TPSA) is 47.4 Å². The largest absolute Gasteiger partial charge is 0.464 e. The van der Waals surface area contributed by atoms with Crippen LogP contribution in [0.2, 0.25) is 0 Å². The lowest BCUT2D eigenvalue weighted by Crippen LogP contribution is -2.22. The second-order valence-electron chi connectivity index (χ2n) is 6.42. The minimum Gasteiger partial charge on any atom is -0.464 e. The fraction of sp³-hybridized carbons (Fsp3) is 0.300. The molecule has 2 aromatic carbocycles. The number of likely N-dealkylation sites (N-methyl/N-ethyl adjacent to an activating group) is 1. The maximum Gasteiger partial charge on any atom is 0.313 e. The highest BCUT2D eigenvalue weighted by Gasteiger charge is 2.17. The van der Waals surface area contributed by atoms with E-state index in [1.165, 1.54) is 0 Å². The van der Waals surface area contributed by atoms with E-state index in [0.29, 0.717) is 6.61 Å². The third kappa shape index (κ3) is 4.06. The summed E-state index contributed by atoms with van der Waals surface area (Å²) in [6, 6.07) is 15.9. The summed E-state index contributed by atoms with van der Waals surface area (Å²) in [5.41, 5.74) is 2.87. The van der Waals surface area contributed by atoms with E-state index in [-0.39, 0.29) is 11.9 Å². The van der Waals surface area contributed by atoms with Gasteiger partial charge in [-0.3, -0.25) is 4.79 Å². The standard InChI is InChI=1S/C20H23N3O2/c1-15(20(24)25-13-12-22(2)3)16-8-10-18(11-9-16)23-14-17-6-4-5-7-19(17)21-23/h4-11,14-15H,12-13H2,1-3H3. The van der Waals surface area contributed by atoms with Crippen LogP contribution in [0.3, 0.4) is 0 Å². The Morgan fingerprint density at radius 2 is 1.88 bits per heavy atom. The van der Waals surface area contributed by atoms with E-state index in [0.717, 1.165) is 28.7 Å². The quantitative estimate of drug-likeness (QED) is 0.648. The summed E-state index contributed by atoms with van der Waals surface area (Å²) >= 11 is 0. The van der Waals surface area contributed by atoms with E-state index in [1.54, 1.807) is 0 Å². The third-order valence-corrected chi connectivity index (χ3v) is 4.21. The number of aromatic nitrogens is 2. The van der Waals surface area contributed by atoms with E-state index < -0.39 is 0 Å². The molecule has 5 nitrogen and oxygen atoms in total. The molecule has 1 unspecified atom stereocenters. The average molecular weight is 337 g/mol. The molecule has 1 atom stereocenters. The van der Waals surface area contributed by atoms with Gasteiger partial charge in [-0.05, 0) is 44.8 Å². The van der Waals surface area contributed by atoms with Crippen LogP contribution in [0.1, 0.15) is 18.4 Å². The SMILES string of the molecule is CC(C(=O)OCCN(C)C)c1ccc(-n2cc3ccccc3n2)cc1. The smallest absolute Gasteiger partial charge is 0.313 e. The van der Waals surface area contributed by atoms with Gasteiger partial charge in [0.05, 0.1) is 17.1 Å². The average Bonchev–Trinajstić information content (AvgIpc) is 3.05. The zero-order valence-corrected chi connectivity index (χ0v) is 14.8. The molecule has 1 heterocycles. The molecule has 5 heteroatoms. The number of ether oxygens (including phenoxy) is 1.